The zero-order valence-corrected chi connectivity index (χ0v) is 8.52. The molecular weight excluding hydrogens is 236 g/mol. The Morgan fingerprint density at radius 2 is 1.94 bits per heavy atom. The summed E-state index contributed by atoms with van der Waals surface area (Å²) in [5.74, 6) is 5.05. The normalized spacial score (nSPS) is 16.5. The van der Waals surface area contributed by atoms with Crippen molar-refractivity contribution in [3.8, 4) is 0 Å². The van der Waals surface area contributed by atoms with Crippen molar-refractivity contribution in [3.05, 3.63) is 26.5 Å². The van der Waals surface area contributed by atoms with E-state index in [1.54, 1.807) is 0 Å². The van der Waals surface area contributed by atoms with Crippen LogP contribution in [0.15, 0.2) is 9.59 Å². The van der Waals surface area contributed by atoms with Crippen LogP contribution in [0.5, 0.6) is 0 Å². The Kier molecular flexibility index (Phi) is 3.96. The smallest absolute Gasteiger partial charge is 0.363 e. The molecule has 3 atom stereocenters. The summed E-state index contributed by atoms with van der Waals surface area (Å²) in [5, 5.41) is 41.5. The van der Waals surface area contributed by atoms with Crippen LogP contribution >= 0.6 is 0 Å². The van der Waals surface area contributed by atoms with E-state index in [0.717, 1.165) is 0 Å². The summed E-state index contributed by atoms with van der Waals surface area (Å²) in [6.45, 7) is -0.821. The van der Waals surface area contributed by atoms with Gasteiger partial charge in [0.25, 0.3) is 5.56 Å². The fraction of sp³-hybridized carbons (Fsp3) is 0.571. The number of H-pyrrole nitrogens is 1. The van der Waals surface area contributed by atoms with Crippen molar-refractivity contribution in [1.29, 1.82) is 0 Å². The van der Waals surface area contributed by atoms with Gasteiger partial charge < -0.3 is 26.3 Å². The van der Waals surface area contributed by atoms with Gasteiger partial charge in [-0.3, -0.25) is 4.79 Å². The van der Waals surface area contributed by atoms with Gasteiger partial charge >= 0.3 is 5.69 Å². The molecule has 0 saturated carbocycles. The minimum Gasteiger partial charge on any atom is -0.394 e. The Morgan fingerprint density at radius 3 is 2.47 bits per heavy atom. The highest BCUT2D eigenvalue weighted by Crippen LogP contribution is 2.12. The lowest BCUT2D eigenvalue weighted by atomic mass is 10.1. The summed E-state index contributed by atoms with van der Waals surface area (Å²) in [4.78, 5) is 22.2. The van der Waals surface area contributed by atoms with E-state index in [2.05, 4.69) is 5.10 Å². The average Bonchev–Trinajstić information content (AvgIpc) is 2.33. The van der Waals surface area contributed by atoms with Crippen LogP contribution in [-0.4, -0.2) is 54.1 Å². The number of aromatic amines is 1. The Morgan fingerprint density at radius 1 is 1.35 bits per heavy atom. The highest BCUT2D eigenvalue weighted by molar-refractivity contribution is 5.02. The van der Waals surface area contributed by atoms with Crippen molar-refractivity contribution >= 4 is 0 Å². The molecule has 0 fully saturated rings. The molecule has 10 nitrogen and oxygen atoms in total. The monoisotopic (exact) mass is 248 g/mol. The number of nitrogens with zero attached hydrogens (tertiary/aromatic N) is 2. The molecular formula is C7H12N4O6. The van der Waals surface area contributed by atoms with Gasteiger partial charge in [0.1, 0.15) is 18.3 Å². The predicted molar refractivity (Wildman–Crippen MR) is 53.3 cm³/mol. The first kappa shape index (κ1) is 13.3. The van der Waals surface area contributed by atoms with Gasteiger partial charge in [0.05, 0.1) is 6.61 Å². The van der Waals surface area contributed by atoms with E-state index in [-0.39, 0.29) is 4.68 Å². The van der Waals surface area contributed by atoms with E-state index in [1.807, 2.05) is 5.10 Å². The number of aromatic nitrogens is 3. The van der Waals surface area contributed by atoms with Crippen LogP contribution in [0.2, 0.25) is 0 Å². The highest BCUT2D eigenvalue weighted by atomic mass is 16.4. The third kappa shape index (κ3) is 2.50. The Balaban J connectivity index is 3.14. The van der Waals surface area contributed by atoms with E-state index in [0.29, 0.717) is 0 Å². The first-order valence-electron chi connectivity index (χ1n) is 4.52. The molecule has 0 spiro atoms. The fourth-order valence-corrected chi connectivity index (χ4v) is 1.10. The maximum atomic E-state index is 11.4. The maximum Gasteiger partial charge on any atom is 0.363 e. The van der Waals surface area contributed by atoms with Gasteiger partial charge in [-0.2, -0.15) is 9.77 Å². The minimum atomic E-state index is -1.89. The summed E-state index contributed by atoms with van der Waals surface area (Å²) in [6.07, 6.45) is -5.40. The summed E-state index contributed by atoms with van der Waals surface area (Å²) >= 11 is 0. The van der Waals surface area contributed by atoms with Gasteiger partial charge in [-0.1, -0.05) is 0 Å². The number of hydrogen-bond donors (Lipinski definition) is 6. The molecule has 0 aliphatic heterocycles. The van der Waals surface area contributed by atoms with Crippen molar-refractivity contribution in [2.45, 2.75) is 18.3 Å². The first-order chi connectivity index (χ1) is 7.90. The van der Waals surface area contributed by atoms with Gasteiger partial charge in [0.2, 0.25) is 0 Å². The van der Waals surface area contributed by atoms with Crippen LogP contribution in [0.3, 0.4) is 0 Å². The van der Waals surface area contributed by atoms with Crippen molar-refractivity contribution in [3.63, 3.8) is 0 Å². The van der Waals surface area contributed by atoms with Crippen LogP contribution in [0.1, 0.15) is 11.8 Å². The zero-order chi connectivity index (χ0) is 13.2. The molecule has 17 heavy (non-hydrogen) atoms. The third-order valence-electron chi connectivity index (χ3n) is 2.11. The molecule has 0 radical (unpaired) electrons. The topological polar surface area (TPSA) is 175 Å². The number of aliphatic hydroxyl groups is 4. The maximum absolute atomic E-state index is 11.4. The Labute approximate surface area is 93.5 Å². The minimum absolute atomic E-state index is 0.156. The molecule has 10 heteroatoms. The lowest BCUT2D eigenvalue weighted by Crippen LogP contribution is -2.46. The molecule has 1 aromatic heterocycles. The summed E-state index contributed by atoms with van der Waals surface area (Å²) in [7, 11) is 0. The van der Waals surface area contributed by atoms with E-state index in [4.69, 9.17) is 16.1 Å². The van der Waals surface area contributed by atoms with Crippen molar-refractivity contribution in [2.75, 3.05) is 12.4 Å². The number of nitrogen functional groups attached to an aromatic ring is 1. The number of aliphatic hydroxyl groups excluding tert-OH is 4. The molecule has 1 rings (SSSR count). The van der Waals surface area contributed by atoms with Gasteiger partial charge in [-0.25, -0.2) is 9.89 Å². The number of hydrogen-bond acceptors (Lipinski definition) is 8. The Hall–Kier alpha value is -1.75. The Bertz CT molecular complexity index is 496. The van der Waals surface area contributed by atoms with Crippen molar-refractivity contribution in [2.24, 2.45) is 0 Å². The number of nitrogens with one attached hydrogen (secondary N) is 1. The largest absolute Gasteiger partial charge is 0.394 e. The molecule has 0 amide bonds. The summed E-state index contributed by atoms with van der Waals surface area (Å²) in [5.41, 5.74) is -2.76. The molecule has 1 aromatic rings. The predicted octanol–water partition coefficient (Wildman–Crippen LogP) is -4.61. The molecule has 0 bridgehead atoms. The van der Waals surface area contributed by atoms with Crippen LogP contribution in [0.25, 0.3) is 0 Å². The lowest BCUT2D eigenvalue weighted by Gasteiger charge is -2.20. The van der Waals surface area contributed by atoms with E-state index < -0.39 is 41.9 Å². The first-order valence-corrected chi connectivity index (χ1v) is 4.52. The van der Waals surface area contributed by atoms with E-state index in [1.165, 1.54) is 0 Å². The zero-order valence-electron chi connectivity index (χ0n) is 8.52. The molecule has 0 aromatic carbocycles. The molecule has 3 unspecified atom stereocenters. The van der Waals surface area contributed by atoms with E-state index >= 15 is 0 Å². The van der Waals surface area contributed by atoms with Crippen molar-refractivity contribution in [1.82, 2.24) is 14.9 Å². The summed E-state index contributed by atoms with van der Waals surface area (Å²) < 4.78 is 0.156. The number of nitrogens with two attached hydrogens (primary N) is 1. The second-order valence-electron chi connectivity index (χ2n) is 3.27. The quantitative estimate of drug-likeness (QED) is 0.288. The molecule has 96 valence electrons. The SMILES string of the molecule is Nn1c(=O)[nH]nc(C(O)C(O)C(O)CO)c1=O. The second-order valence-corrected chi connectivity index (χ2v) is 3.27. The van der Waals surface area contributed by atoms with Crippen LogP contribution in [0.4, 0.5) is 0 Å². The second kappa shape index (κ2) is 5.05. The lowest BCUT2D eigenvalue weighted by molar-refractivity contribution is -0.0797. The molecule has 1 heterocycles. The molecule has 7 N–H and O–H groups in total. The average molecular weight is 248 g/mol. The van der Waals surface area contributed by atoms with Gasteiger partial charge in [-0.15, -0.1) is 0 Å². The molecule has 0 aliphatic rings. The number of rotatable bonds is 4. The third-order valence-corrected chi connectivity index (χ3v) is 2.11. The van der Waals surface area contributed by atoms with Crippen LogP contribution in [0, 0.1) is 0 Å². The van der Waals surface area contributed by atoms with Crippen molar-refractivity contribution < 1.29 is 20.4 Å². The van der Waals surface area contributed by atoms with Crippen LogP contribution < -0.4 is 17.1 Å². The van der Waals surface area contributed by atoms with Crippen LogP contribution in [-0.2, 0) is 0 Å². The van der Waals surface area contributed by atoms with Gasteiger partial charge in [0.15, 0.2) is 5.69 Å². The van der Waals surface area contributed by atoms with Gasteiger partial charge in [0, 0.05) is 0 Å². The standard InChI is InChI=1S/C7H12N4O6/c8-11-6(16)3(9-10-7(11)17)5(15)4(14)2(13)1-12/h2,4-5,12-15H,1,8H2,(H,10,17). The summed E-state index contributed by atoms with van der Waals surface area (Å²) in [6, 6.07) is 0. The molecule has 0 saturated heterocycles. The van der Waals surface area contributed by atoms with E-state index in [9.17, 15) is 19.8 Å². The molecule has 0 aliphatic carbocycles. The fourth-order valence-electron chi connectivity index (χ4n) is 1.10. The highest BCUT2D eigenvalue weighted by Gasteiger charge is 2.29. The van der Waals surface area contributed by atoms with Gasteiger partial charge in [-0.05, 0) is 0 Å².